The molecule has 6 heteroatoms. The summed E-state index contributed by atoms with van der Waals surface area (Å²) in [5, 5.41) is 2.94. The van der Waals surface area contributed by atoms with Crippen molar-refractivity contribution in [3.05, 3.63) is 53.3 Å². The Morgan fingerprint density at radius 2 is 1.92 bits per heavy atom. The highest BCUT2D eigenvalue weighted by atomic mass is 16.5. The largest absolute Gasteiger partial charge is 0.461 e. The molecule has 2 aromatic heterocycles. The first-order valence-corrected chi connectivity index (χ1v) is 8.60. The van der Waals surface area contributed by atoms with Crippen molar-refractivity contribution >= 4 is 28.6 Å². The van der Waals surface area contributed by atoms with Gasteiger partial charge in [-0.05, 0) is 50.1 Å². The zero-order valence-corrected chi connectivity index (χ0v) is 15.5. The first kappa shape index (κ1) is 17.8. The fraction of sp³-hybridized carbons (Fsp3) is 0.300. The normalized spacial score (nSPS) is 10.9. The highest BCUT2D eigenvalue weighted by Crippen LogP contribution is 2.22. The number of amides is 1. The number of benzene rings is 1. The number of ether oxygens (including phenoxy) is 1. The van der Waals surface area contributed by atoms with E-state index in [0.29, 0.717) is 5.69 Å². The average molecular weight is 353 g/mol. The molecule has 0 unspecified atom stereocenters. The monoisotopic (exact) mass is 353 g/mol. The van der Waals surface area contributed by atoms with E-state index < -0.39 is 5.97 Å². The molecule has 1 amide bonds. The summed E-state index contributed by atoms with van der Waals surface area (Å²) in [6, 6.07) is 9.44. The van der Waals surface area contributed by atoms with Gasteiger partial charge in [0.15, 0.2) is 0 Å². The molecule has 0 saturated heterocycles. The number of hydrogen-bond donors (Lipinski definition) is 1. The lowest BCUT2D eigenvalue weighted by Crippen LogP contribution is -2.22. The number of rotatable bonds is 5. The predicted molar refractivity (Wildman–Crippen MR) is 101 cm³/mol. The van der Waals surface area contributed by atoms with Gasteiger partial charge < -0.3 is 19.2 Å². The maximum absolute atomic E-state index is 12.6. The van der Waals surface area contributed by atoms with Crippen molar-refractivity contribution in [2.24, 2.45) is 7.05 Å². The SMILES string of the molecule is CCOC(=O)c1cc2c(ccn2C)n1CC(=O)Nc1cccc(C)c1C. The molecule has 0 bridgehead atoms. The molecule has 0 spiro atoms. The van der Waals surface area contributed by atoms with E-state index in [9.17, 15) is 9.59 Å². The zero-order chi connectivity index (χ0) is 18.8. The molecule has 1 aromatic carbocycles. The van der Waals surface area contributed by atoms with E-state index in [1.807, 2.05) is 55.9 Å². The van der Waals surface area contributed by atoms with Gasteiger partial charge in [0.05, 0.1) is 17.6 Å². The maximum Gasteiger partial charge on any atom is 0.355 e. The number of aromatic nitrogens is 2. The van der Waals surface area contributed by atoms with E-state index in [2.05, 4.69) is 5.32 Å². The second-order valence-electron chi connectivity index (χ2n) is 6.33. The third-order valence-corrected chi connectivity index (χ3v) is 4.62. The first-order chi connectivity index (χ1) is 12.4. The van der Waals surface area contributed by atoms with Crippen LogP contribution in [-0.4, -0.2) is 27.6 Å². The second kappa shape index (κ2) is 7.07. The third-order valence-electron chi connectivity index (χ3n) is 4.62. The Hall–Kier alpha value is -3.02. The van der Waals surface area contributed by atoms with Crippen molar-refractivity contribution in [3.63, 3.8) is 0 Å². The van der Waals surface area contributed by atoms with E-state index in [1.54, 1.807) is 17.6 Å². The molecule has 0 aliphatic carbocycles. The third kappa shape index (κ3) is 3.22. The smallest absolute Gasteiger partial charge is 0.355 e. The Morgan fingerprint density at radius 1 is 1.15 bits per heavy atom. The molecule has 3 aromatic rings. The number of carbonyl (C=O) groups excluding carboxylic acids is 2. The Kier molecular flexibility index (Phi) is 4.84. The van der Waals surface area contributed by atoms with Crippen LogP contribution in [0.3, 0.4) is 0 Å². The van der Waals surface area contributed by atoms with Crippen molar-refractivity contribution in [1.29, 1.82) is 0 Å². The highest BCUT2D eigenvalue weighted by Gasteiger charge is 2.20. The van der Waals surface area contributed by atoms with Crippen molar-refractivity contribution < 1.29 is 14.3 Å². The van der Waals surface area contributed by atoms with Crippen molar-refractivity contribution in [2.45, 2.75) is 27.3 Å². The summed E-state index contributed by atoms with van der Waals surface area (Å²) < 4.78 is 8.76. The Labute approximate surface area is 152 Å². The van der Waals surface area contributed by atoms with Crippen LogP contribution in [0, 0.1) is 13.8 Å². The first-order valence-electron chi connectivity index (χ1n) is 8.60. The standard InChI is InChI=1S/C20H23N3O3/c1-5-26-20(25)18-11-17-16(9-10-22(17)4)23(18)12-19(24)21-15-8-6-7-13(2)14(15)3/h6-11H,5,12H2,1-4H3,(H,21,24). The van der Waals surface area contributed by atoms with Crippen LogP contribution in [0.4, 0.5) is 5.69 Å². The maximum atomic E-state index is 12.6. The molecule has 0 fully saturated rings. The van der Waals surface area contributed by atoms with Gasteiger partial charge in [-0.1, -0.05) is 12.1 Å². The van der Waals surface area contributed by atoms with Gasteiger partial charge in [0.2, 0.25) is 5.91 Å². The van der Waals surface area contributed by atoms with Gasteiger partial charge in [0.25, 0.3) is 0 Å². The molecule has 0 atom stereocenters. The fourth-order valence-electron chi connectivity index (χ4n) is 3.03. The van der Waals surface area contributed by atoms with Crippen molar-refractivity contribution in [2.75, 3.05) is 11.9 Å². The molecule has 1 N–H and O–H groups in total. The van der Waals surface area contributed by atoms with E-state index in [0.717, 1.165) is 27.8 Å². The quantitative estimate of drug-likeness (QED) is 0.715. The average Bonchev–Trinajstić information content (AvgIpc) is 3.13. The van der Waals surface area contributed by atoms with Crippen LogP contribution in [-0.2, 0) is 23.1 Å². The van der Waals surface area contributed by atoms with E-state index in [4.69, 9.17) is 4.74 Å². The number of anilines is 1. The lowest BCUT2D eigenvalue weighted by atomic mass is 10.1. The van der Waals surface area contributed by atoms with Crippen molar-refractivity contribution in [3.8, 4) is 0 Å². The molecular weight excluding hydrogens is 330 g/mol. The number of aryl methyl sites for hydroxylation is 2. The molecule has 26 heavy (non-hydrogen) atoms. The second-order valence-corrected chi connectivity index (χ2v) is 6.33. The van der Waals surface area contributed by atoms with Gasteiger partial charge in [-0.25, -0.2) is 4.79 Å². The lowest BCUT2D eigenvalue weighted by Gasteiger charge is -2.12. The molecule has 0 radical (unpaired) electrons. The van der Waals surface area contributed by atoms with Crippen LogP contribution in [0.2, 0.25) is 0 Å². The van der Waals surface area contributed by atoms with Gasteiger partial charge in [0, 0.05) is 18.9 Å². The summed E-state index contributed by atoms with van der Waals surface area (Å²) in [5.41, 5.74) is 5.01. The highest BCUT2D eigenvalue weighted by molar-refractivity contribution is 5.98. The molecule has 136 valence electrons. The summed E-state index contributed by atoms with van der Waals surface area (Å²) >= 11 is 0. The summed E-state index contributed by atoms with van der Waals surface area (Å²) in [7, 11) is 1.90. The van der Waals surface area contributed by atoms with Crippen LogP contribution in [0.1, 0.15) is 28.5 Å². The van der Waals surface area contributed by atoms with E-state index in [1.165, 1.54) is 0 Å². The minimum atomic E-state index is -0.428. The van der Waals surface area contributed by atoms with Gasteiger partial charge in [0.1, 0.15) is 12.2 Å². The minimum Gasteiger partial charge on any atom is -0.461 e. The van der Waals surface area contributed by atoms with E-state index >= 15 is 0 Å². The molecule has 0 aliphatic rings. The fourth-order valence-corrected chi connectivity index (χ4v) is 3.03. The summed E-state index contributed by atoms with van der Waals surface area (Å²) in [4.78, 5) is 24.9. The number of nitrogens with zero attached hydrogens (tertiary/aromatic N) is 2. The molecule has 3 rings (SSSR count). The van der Waals surface area contributed by atoms with Crippen LogP contribution in [0.5, 0.6) is 0 Å². The molecular formula is C20H23N3O3. The van der Waals surface area contributed by atoms with Gasteiger partial charge in [-0.3, -0.25) is 4.79 Å². The number of fused-ring (bicyclic) bond motifs is 1. The Morgan fingerprint density at radius 3 is 2.65 bits per heavy atom. The predicted octanol–water partition coefficient (Wildman–Crippen LogP) is 3.41. The molecule has 0 saturated carbocycles. The minimum absolute atomic E-state index is 0.0367. The molecule has 6 nitrogen and oxygen atoms in total. The summed E-state index contributed by atoms with van der Waals surface area (Å²) in [6.07, 6.45) is 1.90. The molecule has 0 aliphatic heterocycles. The van der Waals surface area contributed by atoms with Gasteiger partial charge >= 0.3 is 5.97 Å². The van der Waals surface area contributed by atoms with Crippen molar-refractivity contribution in [1.82, 2.24) is 9.13 Å². The van der Waals surface area contributed by atoms with E-state index in [-0.39, 0.29) is 19.1 Å². The van der Waals surface area contributed by atoms with Crippen LogP contribution < -0.4 is 5.32 Å². The summed E-state index contributed by atoms with van der Waals surface area (Å²) in [5.74, 6) is -0.617. The number of hydrogen-bond acceptors (Lipinski definition) is 3. The van der Waals surface area contributed by atoms with Crippen LogP contribution in [0.25, 0.3) is 11.0 Å². The summed E-state index contributed by atoms with van der Waals surface area (Å²) in [6.45, 7) is 6.06. The Bertz CT molecular complexity index is 982. The van der Waals surface area contributed by atoms with Crippen LogP contribution >= 0.6 is 0 Å². The number of nitrogens with one attached hydrogen (secondary N) is 1. The number of carbonyl (C=O) groups is 2. The topological polar surface area (TPSA) is 65.3 Å². The number of esters is 1. The zero-order valence-electron chi connectivity index (χ0n) is 15.5. The lowest BCUT2D eigenvalue weighted by molar-refractivity contribution is -0.116. The molecule has 2 heterocycles. The van der Waals surface area contributed by atoms with Gasteiger partial charge in [-0.15, -0.1) is 0 Å². The Balaban J connectivity index is 1.91. The van der Waals surface area contributed by atoms with Gasteiger partial charge in [-0.2, -0.15) is 0 Å². The van der Waals surface area contributed by atoms with Crippen LogP contribution in [0.15, 0.2) is 36.5 Å².